The normalized spacial score (nSPS) is 12.5. The summed E-state index contributed by atoms with van der Waals surface area (Å²) >= 11 is 0. The molecule has 0 aliphatic heterocycles. The van der Waals surface area contributed by atoms with E-state index in [1.54, 1.807) is 33.7 Å². The van der Waals surface area contributed by atoms with Gasteiger partial charge in [0.15, 0.2) is 0 Å². The van der Waals surface area contributed by atoms with Gasteiger partial charge in [-0.2, -0.15) is 0 Å². The number of rotatable bonds is 15. The van der Waals surface area contributed by atoms with Gasteiger partial charge in [0, 0.05) is 65.7 Å². The van der Waals surface area contributed by atoms with Gasteiger partial charge in [0.25, 0.3) is 0 Å². The van der Waals surface area contributed by atoms with Crippen LogP contribution < -0.4 is 10.6 Å². The van der Waals surface area contributed by atoms with Gasteiger partial charge in [-0.05, 0) is 18.1 Å². The second-order valence-electron chi connectivity index (χ2n) is 6.66. The SMILES string of the molecule is CO[Si](CCCC(=O)CC(O)CNc1nnc(NCc2cccnc2)[nH]1)(OC)OC. The van der Waals surface area contributed by atoms with Crippen molar-refractivity contribution in [3.63, 3.8) is 0 Å². The zero-order valence-electron chi connectivity index (χ0n) is 17.6. The Kier molecular flexibility index (Phi) is 9.83. The van der Waals surface area contributed by atoms with Crippen molar-refractivity contribution in [2.75, 3.05) is 38.5 Å². The third-order valence-corrected chi connectivity index (χ3v) is 7.34. The van der Waals surface area contributed by atoms with Crippen molar-refractivity contribution < 1.29 is 23.2 Å². The van der Waals surface area contributed by atoms with Gasteiger partial charge < -0.3 is 29.0 Å². The molecule has 1 atom stereocenters. The maximum atomic E-state index is 12.1. The molecule has 2 aromatic rings. The van der Waals surface area contributed by atoms with Crippen LogP contribution in [0.1, 0.15) is 24.8 Å². The lowest BCUT2D eigenvalue weighted by atomic mass is 10.1. The van der Waals surface area contributed by atoms with E-state index in [1.165, 1.54) is 0 Å². The summed E-state index contributed by atoms with van der Waals surface area (Å²) in [5.74, 6) is 0.868. The fraction of sp³-hybridized carbons (Fsp3) is 0.556. The number of aromatic nitrogens is 4. The molecule has 0 aliphatic rings. The van der Waals surface area contributed by atoms with Gasteiger partial charge in [0.2, 0.25) is 11.9 Å². The average Bonchev–Trinajstić information content (AvgIpc) is 3.23. The van der Waals surface area contributed by atoms with Crippen LogP contribution in [0, 0.1) is 0 Å². The van der Waals surface area contributed by atoms with Gasteiger partial charge in [0.05, 0.1) is 6.10 Å². The summed E-state index contributed by atoms with van der Waals surface area (Å²) < 4.78 is 16.0. The van der Waals surface area contributed by atoms with Gasteiger partial charge in [-0.1, -0.05) is 6.07 Å². The number of aromatic amines is 1. The number of H-pyrrole nitrogens is 1. The zero-order chi connectivity index (χ0) is 21.8. The van der Waals surface area contributed by atoms with Crippen molar-refractivity contribution in [2.45, 2.75) is 38.0 Å². The van der Waals surface area contributed by atoms with E-state index in [-0.39, 0.29) is 18.7 Å². The van der Waals surface area contributed by atoms with E-state index in [0.717, 1.165) is 5.56 Å². The summed E-state index contributed by atoms with van der Waals surface area (Å²) in [7, 11) is 1.96. The van der Waals surface area contributed by atoms with E-state index in [4.69, 9.17) is 13.3 Å². The van der Waals surface area contributed by atoms with E-state index in [0.29, 0.717) is 37.3 Å². The Morgan fingerprint density at radius 1 is 1.20 bits per heavy atom. The van der Waals surface area contributed by atoms with Crippen molar-refractivity contribution >= 4 is 26.5 Å². The minimum atomic E-state index is -2.67. The quantitative estimate of drug-likeness (QED) is 0.299. The highest BCUT2D eigenvalue weighted by Crippen LogP contribution is 2.17. The lowest BCUT2D eigenvalue weighted by Gasteiger charge is -2.24. The molecule has 2 aromatic heterocycles. The van der Waals surface area contributed by atoms with Crippen molar-refractivity contribution in [3.8, 4) is 0 Å². The fourth-order valence-corrected chi connectivity index (χ4v) is 4.54. The first-order valence-corrected chi connectivity index (χ1v) is 11.6. The molecule has 0 saturated carbocycles. The number of hydrogen-bond donors (Lipinski definition) is 4. The summed E-state index contributed by atoms with van der Waals surface area (Å²) in [6, 6.07) is 4.35. The number of carbonyl (C=O) groups is 1. The van der Waals surface area contributed by atoms with Crippen LogP contribution in [-0.2, 0) is 24.6 Å². The molecule has 0 saturated heterocycles. The minimum absolute atomic E-state index is 0.0353. The maximum Gasteiger partial charge on any atom is 0.500 e. The molecule has 1 unspecified atom stereocenters. The molecule has 0 fully saturated rings. The molecule has 2 heterocycles. The Morgan fingerprint density at radius 3 is 2.53 bits per heavy atom. The first kappa shape index (κ1) is 23.9. The Balaban J connectivity index is 1.66. The Bertz CT molecular complexity index is 750. The van der Waals surface area contributed by atoms with E-state index < -0.39 is 14.9 Å². The third-order valence-electron chi connectivity index (χ3n) is 4.51. The molecule has 0 aliphatic carbocycles. The molecule has 12 heteroatoms. The van der Waals surface area contributed by atoms with E-state index in [1.807, 2.05) is 12.1 Å². The standard InChI is InChI=1S/C18H30N6O5Si/c1-27-30(28-2,29-3)9-5-7-15(25)10-16(26)13-21-18-22-17(23-24-18)20-12-14-6-4-8-19-11-14/h4,6,8,11,16,26H,5,7,9-10,12-13H2,1-3H3,(H3,20,21,22,23,24). The molecular formula is C18H30N6O5Si. The first-order chi connectivity index (χ1) is 14.5. The largest absolute Gasteiger partial charge is 0.500 e. The Labute approximate surface area is 176 Å². The van der Waals surface area contributed by atoms with E-state index >= 15 is 0 Å². The third kappa shape index (κ3) is 7.80. The first-order valence-electron chi connectivity index (χ1n) is 9.64. The Morgan fingerprint density at radius 2 is 1.90 bits per heavy atom. The number of aliphatic hydroxyl groups excluding tert-OH is 1. The monoisotopic (exact) mass is 438 g/mol. The summed E-state index contributed by atoms with van der Waals surface area (Å²) in [6.45, 7) is 0.731. The molecule has 2 rings (SSSR count). The Hall–Kier alpha value is -2.38. The molecule has 30 heavy (non-hydrogen) atoms. The number of nitrogens with one attached hydrogen (secondary N) is 3. The average molecular weight is 439 g/mol. The minimum Gasteiger partial charge on any atom is -0.391 e. The second-order valence-corrected chi connectivity index (χ2v) is 9.75. The van der Waals surface area contributed by atoms with Crippen LogP contribution in [-0.4, -0.2) is 73.8 Å². The van der Waals surface area contributed by atoms with Crippen molar-refractivity contribution in [2.24, 2.45) is 0 Å². The van der Waals surface area contributed by atoms with Crippen molar-refractivity contribution in [1.29, 1.82) is 0 Å². The molecule has 166 valence electrons. The predicted octanol–water partition coefficient (Wildman–Crippen LogP) is 1.20. The molecule has 4 N–H and O–H groups in total. The van der Waals surface area contributed by atoms with Gasteiger partial charge >= 0.3 is 8.80 Å². The molecule has 0 amide bonds. The summed E-state index contributed by atoms with van der Waals surface area (Å²) in [5, 5.41) is 24.1. The number of hydrogen-bond acceptors (Lipinski definition) is 10. The molecule has 11 nitrogen and oxygen atoms in total. The van der Waals surface area contributed by atoms with Crippen LogP contribution in [0.3, 0.4) is 0 Å². The molecular weight excluding hydrogens is 408 g/mol. The van der Waals surface area contributed by atoms with Gasteiger partial charge in [-0.3, -0.25) is 14.8 Å². The summed E-state index contributed by atoms with van der Waals surface area (Å²) in [6.07, 6.45) is 3.60. The highest BCUT2D eigenvalue weighted by atomic mass is 28.4. The zero-order valence-corrected chi connectivity index (χ0v) is 18.6. The van der Waals surface area contributed by atoms with Crippen molar-refractivity contribution in [3.05, 3.63) is 30.1 Å². The molecule has 0 aromatic carbocycles. The van der Waals surface area contributed by atoms with Crippen LogP contribution in [0.25, 0.3) is 0 Å². The van der Waals surface area contributed by atoms with Crippen LogP contribution in [0.5, 0.6) is 0 Å². The highest BCUT2D eigenvalue weighted by molar-refractivity contribution is 6.60. The summed E-state index contributed by atoms with van der Waals surface area (Å²) in [5.41, 5.74) is 1.01. The summed E-state index contributed by atoms with van der Waals surface area (Å²) in [4.78, 5) is 19.1. The number of carbonyl (C=O) groups excluding carboxylic acids is 1. The smallest absolute Gasteiger partial charge is 0.391 e. The number of Topliss-reactive ketones (excluding diaryl/α,β-unsaturated/α-hetero) is 1. The number of ketones is 1. The van der Waals surface area contributed by atoms with Gasteiger partial charge in [-0.15, -0.1) is 10.2 Å². The lowest BCUT2D eigenvalue weighted by Crippen LogP contribution is -2.42. The maximum absolute atomic E-state index is 12.1. The lowest BCUT2D eigenvalue weighted by molar-refractivity contribution is -0.120. The predicted molar refractivity (Wildman–Crippen MR) is 113 cm³/mol. The number of nitrogens with zero attached hydrogens (tertiary/aromatic N) is 3. The van der Waals surface area contributed by atoms with Crippen LogP contribution in [0.2, 0.25) is 6.04 Å². The second kappa shape index (κ2) is 12.3. The van der Waals surface area contributed by atoms with E-state index in [9.17, 15) is 9.90 Å². The molecule has 0 spiro atoms. The van der Waals surface area contributed by atoms with Gasteiger partial charge in [0.1, 0.15) is 5.78 Å². The van der Waals surface area contributed by atoms with Gasteiger partial charge in [-0.25, -0.2) is 0 Å². The topological polar surface area (TPSA) is 144 Å². The number of anilines is 2. The number of aliphatic hydroxyl groups is 1. The van der Waals surface area contributed by atoms with Crippen molar-refractivity contribution in [1.82, 2.24) is 20.2 Å². The molecule has 0 bridgehead atoms. The molecule has 0 radical (unpaired) electrons. The van der Waals surface area contributed by atoms with Crippen LogP contribution >= 0.6 is 0 Å². The van der Waals surface area contributed by atoms with Crippen LogP contribution in [0.15, 0.2) is 24.5 Å². The number of pyridine rings is 1. The highest BCUT2D eigenvalue weighted by Gasteiger charge is 2.37. The van der Waals surface area contributed by atoms with Crippen LogP contribution in [0.4, 0.5) is 11.9 Å². The fourth-order valence-electron chi connectivity index (χ4n) is 2.82. The van der Waals surface area contributed by atoms with E-state index in [2.05, 4.69) is 30.8 Å².